The Balaban J connectivity index is 1.75. The van der Waals surface area contributed by atoms with Crippen molar-refractivity contribution in [2.75, 3.05) is 18.5 Å². The van der Waals surface area contributed by atoms with E-state index in [0.29, 0.717) is 22.6 Å². The number of para-hydroxylation sites is 2. The van der Waals surface area contributed by atoms with Gasteiger partial charge >= 0.3 is 11.9 Å². The molecule has 0 fully saturated rings. The van der Waals surface area contributed by atoms with Crippen LogP contribution in [0.5, 0.6) is 0 Å². The number of benzene rings is 2. The second-order valence-electron chi connectivity index (χ2n) is 6.88. The summed E-state index contributed by atoms with van der Waals surface area (Å²) in [6, 6.07) is 16.3. The van der Waals surface area contributed by atoms with Crippen LogP contribution in [0.2, 0.25) is 0 Å². The molecule has 2 aromatic carbocycles. The number of aryl methyl sites for hydroxylation is 2. The maximum Gasteiger partial charge on any atom is 0.340 e. The molecule has 3 aromatic rings. The highest BCUT2D eigenvalue weighted by Crippen LogP contribution is 2.23. The highest BCUT2D eigenvalue weighted by atomic mass is 16.5. The molecule has 0 unspecified atom stereocenters. The molecule has 0 amide bonds. The number of ketones is 1. The van der Waals surface area contributed by atoms with Gasteiger partial charge in [0.2, 0.25) is 5.78 Å². The monoisotopic (exact) mass is 420 g/mol. The summed E-state index contributed by atoms with van der Waals surface area (Å²) in [5, 5.41) is 3.17. The molecule has 0 aliphatic carbocycles. The number of Topliss-reactive ketones (excluding diaryl/α,β-unsaturated/α-hetero) is 1. The Morgan fingerprint density at radius 3 is 2.19 bits per heavy atom. The van der Waals surface area contributed by atoms with E-state index in [0.717, 1.165) is 5.69 Å². The lowest BCUT2D eigenvalue weighted by Gasteiger charge is -2.12. The van der Waals surface area contributed by atoms with Gasteiger partial charge in [0.05, 0.1) is 29.0 Å². The third kappa shape index (κ3) is 5.01. The average molecular weight is 420 g/mol. The van der Waals surface area contributed by atoms with Crippen LogP contribution in [0, 0.1) is 13.8 Å². The van der Waals surface area contributed by atoms with Gasteiger partial charge in [-0.1, -0.05) is 30.3 Å². The first kappa shape index (κ1) is 21.8. The van der Waals surface area contributed by atoms with Crippen LogP contribution in [0.4, 0.5) is 11.4 Å². The van der Waals surface area contributed by atoms with E-state index in [1.165, 1.54) is 0 Å². The molecular weight excluding hydrogens is 396 g/mol. The molecule has 7 nitrogen and oxygen atoms in total. The number of hydrogen-bond donors (Lipinski definition) is 2. The highest BCUT2D eigenvalue weighted by Gasteiger charge is 2.26. The molecule has 1 heterocycles. The Hall–Kier alpha value is -3.87. The molecule has 3 rings (SSSR count). The Morgan fingerprint density at radius 1 is 0.839 bits per heavy atom. The van der Waals surface area contributed by atoms with Gasteiger partial charge in [0, 0.05) is 17.1 Å². The van der Waals surface area contributed by atoms with E-state index in [2.05, 4.69) is 10.3 Å². The topological polar surface area (TPSA) is 97.5 Å². The smallest absolute Gasteiger partial charge is 0.340 e. The highest BCUT2D eigenvalue weighted by molar-refractivity contribution is 6.09. The van der Waals surface area contributed by atoms with Gasteiger partial charge in [-0.05, 0) is 45.0 Å². The fraction of sp³-hybridized carbons (Fsp3) is 0.208. The van der Waals surface area contributed by atoms with Crippen molar-refractivity contribution in [1.29, 1.82) is 0 Å². The van der Waals surface area contributed by atoms with E-state index in [4.69, 9.17) is 9.47 Å². The van der Waals surface area contributed by atoms with Crippen molar-refractivity contribution in [2.45, 2.75) is 20.8 Å². The lowest BCUT2D eigenvalue weighted by atomic mass is 10.1. The third-order valence-corrected chi connectivity index (χ3v) is 4.67. The molecule has 1 aromatic heterocycles. The van der Waals surface area contributed by atoms with Gasteiger partial charge < -0.3 is 19.8 Å². The van der Waals surface area contributed by atoms with Crippen molar-refractivity contribution in [2.24, 2.45) is 0 Å². The second kappa shape index (κ2) is 9.75. The number of ether oxygens (including phenoxy) is 2. The van der Waals surface area contributed by atoms with E-state index in [1.807, 2.05) is 30.3 Å². The van der Waals surface area contributed by atoms with E-state index in [9.17, 15) is 14.4 Å². The minimum absolute atomic E-state index is 0.173. The third-order valence-electron chi connectivity index (χ3n) is 4.67. The first-order chi connectivity index (χ1) is 14.9. The summed E-state index contributed by atoms with van der Waals surface area (Å²) >= 11 is 0. The van der Waals surface area contributed by atoms with Crippen LogP contribution in [-0.4, -0.2) is 35.9 Å². The maximum absolute atomic E-state index is 12.8. The first-order valence-corrected chi connectivity index (χ1v) is 9.90. The van der Waals surface area contributed by atoms with Gasteiger partial charge in [0.25, 0.3) is 0 Å². The molecule has 0 bridgehead atoms. The number of anilines is 2. The number of aromatic nitrogens is 1. The Morgan fingerprint density at radius 2 is 1.48 bits per heavy atom. The van der Waals surface area contributed by atoms with Crippen LogP contribution in [0.15, 0.2) is 54.6 Å². The molecule has 0 saturated heterocycles. The number of nitrogens with one attached hydrogen (secondary N) is 2. The summed E-state index contributed by atoms with van der Waals surface area (Å²) < 4.78 is 10.3. The van der Waals surface area contributed by atoms with Crippen LogP contribution in [0.1, 0.15) is 49.4 Å². The number of rotatable bonds is 8. The number of aromatic amines is 1. The zero-order chi connectivity index (χ0) is 22.4. The first-order valence-electron chi connectivity index (χ1n) is 9.90. The van der Waals surface area contributed by atoms with E-state index in [1.54, 1.807) is 45.0 Å². The van der Waals surface area contributed by atoms with Crippen molar-refractivity contribution in [3.05, 3.63) is 82.7 Å². The Kier molecular flexibility index (Phi) is 6.87. The molecule has 0 spiro atoms. The van der Waals surface area contributed by atoms with Gasteiger partial charge in [0.15, 0.2) is 6.61 Å². The fourth-order valence-electron chi connectivity index (χ4n) is 3.32. The molecule has 160 valence electrons. The van der Waals surface area contributed by atoms with Crippen molar-refractivity contribution in [3.8, 4) is 0 Å². The van der Waals surface area contributed by atoms with Gasteiger partial charge in [-0.3, -0.25) is 4.79 Å². The fourth-order valence-corrected chi connectivity index (χ4v) is 3.32. The molecule has 0 atom stereocenters. The quantitative estimate of drug-likeness (QED) is 0.409. The molecule has 7 heteroatoms. The van der Waals surface area contributed by atoms with Crippen LogP contribution < -0.4 is 5.32 Å². The van der Waals surface area contributed by atoms with E-state index in [-0.39, 0.29) is 17.7 Å². The number of hydrogen-bond acceptors (Lipinski definition) is 6. The van der Waals surface area contributed by atoms with Crippen LogP contribution in [-0.2, 0) is 9.47 Å². The lowest BCUT2D eigenvalue weighted by molar-refractivity contribution is 0.0473. The Labute approximate surface area is 180 Å². The molecule has 2 N–H and O–H groups in total. The lowest BCUT2D eigenvalue weighted by Crippen LogP contribution is -2.18. The summed E-state index contributed by atoms with van der Waals surface area (Å²) in [7, 11) is 0. The standard InChI is InChI=1S/C24H24N2O5/c1-4-30-24(29)22-16(3)25-15(2)21(22)20(27)14-31-23(28)18-12-8-9-13-19(18)26-17-10-6-5-7-11-17/h5-13,25-26H,4,14H2,1-3H3. The van der Waals surface area contributed by atoms with Crippen molar-refractivity contribution < 1.29 is 23.9 Å². The van der Waals surface area contributed by atoms with Crippen LogP contribution in [0.25, 0.3) is 0 Å². The van der Waals surface area contributed by atoms with Crippen molar-refractivity contribution in [1.82, 2.24) is 4.98 Å². The summed E-state index contributed by atoms with van der Waals surface area (Å²) in [5.41, 5.74) is 3.08. The molecular formula is C24H24N2O5. The summed E-state index contributed by atoms with van der Waals surface area (Å²) in [6.07, 6.45) is 0. The normalized spacial score (nSPS) is 10.4. The number of carbonyl (C=O) groups excluding carboxylic acids is 3. The Bertz CT molecular complexity index is 1100. The zero-order valence-electron chi connectivity index (χ0n) is 17.7. The minimum atomic E-state index is -0.644. The number of H-pyrrole nitrogens is 1. The van der Waals surface area contributed by atoms with Crippen LogP contribution >= 0.6 is 0 Å². The number of carbonyl (C=O) groups is 3. The molecule has 0 saturated carbocycles. The summed E-state index contributed by atoms with van der Waals surface area (Å²) in [6.45, 7) is 4.76. The largest absolute Gasteiger partial charge is 0.462 e. The van der Waals surface area contributed by atoms with Gasteiger partial charge in [-0.15, -0.1) is 0 Å². The van der Waals surface area contributed by atoms with E-state index < -0.39 is 24.3 Å². The molecule has 0 aliphatic heterocycles. The summed E-state index contributed by atoms with van der Waals surface area (Å²) in [5.74, 6) is -1.71. The number of esters is 2. The average Bonchev–Trinajstić information content (AvgIpc) is 3.07. The summed E-state index contributed by atoms with van der Waals surface area (Å²) in [4.78, 5) is 40.7. The molecule has 0 radical (unpaired) electrons. The predicted octanol–water partition coefficient (Wildman–Crippen LogP) is 4.59. The SMILES string of the molecule is CCOC(=O)c1c(C)[nH]c(C)c1C(=O)COC(=O)c1ccccc1Nc1ccccc1. The van der Waals surface area contributed by atoms with E-state index >= 15 is 0 Å². The van der Waals surface area contributed by atoms with Crippen molar-refractivity contribution in [3.63, 3.8) is 0 Å². The second-order valence-corrected chi connectivity index (χ2v) is 6.88. The molecule has 31 heavy (non-hydrogen) atoms. The predicted molar refractivity (Wildman–Crippen MR) is 117 cm³/mol. The maximum atomic E-state index is 12.8. The van der Waals surface area contributed by atoms with Crippen molar-refractivity contribution >= 4 is 29.1 Å². The van der Waals surface area contributed by atoms with Gasteiger partial charge in [0.1, 0.15) is 0 Å². The minimum Gasteiger partial charge on any atom is -0.462 e. The zero-order valence-corrected chi connectivity index (χ0v) is 17.7. The van der Waals surface area contributed by atoms with Crippen LogP contribution in [0.3, 0.4) is 0 Å². The van der Waals surface area contributed by atoms with Gasteiger partial charge in [-0.2, -0.15) is 0 Å². The molecule has 0 aliphatic rings. The van der Waals surface area contributed by atoms with Gasteiger partial charge in [-0.25, -0.2) is 9.59 Å².